The average molecular weight is 247 g/mol. The number of nitrogens with zero attached hydrogens (tertiary/aromatic N) is 2. The summed E-state index contributed by atoms with van der Waals surface area (Å²) in [5, 5.41) is 8.57. The van der Waals surface area contributed by atoms with Gasteiger partial charge in [0.15, 0.2) is 0 Å². The molecular formula is C10H9ClF2N2O. The summed E-state index contributed by atoms with van der Waals surface area (Å²) < 4.78 is 30.4. The van der Waals surface area contributed by atoms with Crippen molar-refractivity contribution in [3.8, 4) is 11.8 Å². The van der Waals surface area contributed by atoms with E-state index in [0.29, 0.717) is 5.69 Å². The van der Waals surface area contributed by atoms with Crippen LogP contribution in [0.15, 0.2) is 6.07 Å². The van der Waals surface area contributed by atoms with E-state index in [-0.39, 0.29) is 23.6 Å². The molecule has 16 heavy (non-hydrogen) atoms. The Labute approximate surface area is 96.6 Å². The number of pyridine rings is 1. The maximum Gasteiger partial charge on any atom is 0.280 e. The lowest BCUT2D eigenvalue weighted by Crippen LogP contribution is -2.04. The SMILES string of the molecule is COc1cc(CCl)nc(C(F)F)c1CC#N. The number of ether oxygens (including phenoxy) is 1. The Bertz CT molecular complexity index is 418. The largest absolute Gasteiger partial charge is 0.496 e. The molecule has 0 aliphatic carbocycles. The molecule has 86 valence electrons. The van der Waals surface area contributed by atoms with Crippen molar-refractivity contribution >= 4 is 11.6 Å². The van der Waals surface area contributed by atoms with Crippen LogP contribution in [0.1, 0.15) is 23.4 Å². The van der Waals surface area contributed by atoms with Crippen LogP contribution in [-0.4, -0.2) is 12.1 Å². The quantitative estimate of drug-likeness (QED) is 0.768. The monoisotopic (exact) mass is 246 g/mol. The summed E-state index contributed by atoms with van der Waals surface area (Å²) in [6.45, 7) is 0. The standard InChI is InChI=1S/C10H9ClF2N2O/c1-16-8-4-6(5-11)15-9(10(12)13)7(8)2-3-14/h4,10H,2,5H2,1H3. The van der Waals surface area contributed by atoms with E-state index in [1.165, 1.54) is 13.2 Å². The Morgan fingerprint density at radius 1 is 1.62 bits per heavy atom. The van der Waals surface area contributed by atoms with Crippen LogP contribution >= 0.6 is 11.6 Å². The third kappa shape index (κ3) is 2.58. The first-order chi connectivity index (χ1) is 7.63. The maximum absolute atomic E-state index is 12.7. The minimum atomic E-state index is -2.75. The van der Waals surface area contributed by atoms with Gasteiger partial charge in [0.25, 0.3) is 6.43 Å². The van der Waals surface area contributed by atoms with Crippen LogP contribution in [0.25, 0.3) is 0 Å². The minimum absolute atomic E-state index is 0.0168. The lowest BCUT2D eigenvalue weighted by molar-refractivity contribution is 0.144. The van der Waals surface area contributed by atoms with Crippen LogP contribution in [0.5, 0.6) is 5.75 Å². The van der Waals surface area contributed by atoms with Crippen molar-refractivity contribution in [2.75, 3.05) is 7.11 Å². The van der Waals surface area contributed by atoms with Crippen molar-refractivity contribution in [1.82, 2.24) is 4.98 Å². The summed E-state index contributed by atoms with van der Waals surface area (Å²) in [6.07, 6.45) is -2.92. The normalized spacial score (nSPS) is 10.2. The molecule has 1 heterocycles. The van der Waals surface area contributed by atoms with Gasteiger partial charge in [0.1, 0.15) is 11.4 Å². The number of hydrogen-bond acceptors (Lipinski definition) is 3. The first-order valence-corrected chi connectivity index (χ1v) is 4.95. The molecule has 0 unspecified atom stereocenters. The van der Waals surface area contributed by atoms with Crippen molar-refractivity contribution in [3.05, 3.63) is 23.0 Å². The zero-order valence-electron chi connectivity index (χ0n) is 8.51. The van der Waals surface area contributed by atoms with E-state index >= 15 is 0 Å². The molecule has 0 N–H and O–H groups in total. The number of rotatable bonds is 4. The van der Waals surface area contributed by atoms with Gasteiger partial charge in [-0.3, -0.25) is 0 Å². The van der Waals surface area contributed by atoms with Crippen LogP contribution in [0.2, 0.25) is 0 Å². The zero-order valence-corrected chi connectivity index (χ0v) is 9.26. The van der Waals surface area contributed by atoms with Gasteiger partial charge in [-0.25, -0.2) is 13.8 Å². The molecule has 6 heteroatoms. The molecule has 0 saturated carbocycles. The molecule has 0 atom stereocenters. The van der Waals surface area contributed by atoms with Crippen LogP contribution < -0.4 is 4.74 Å². The van der Waals surface area contributed by atoms with Crippen molar-refractivity contribution in [3.63, 3.8) is 0 Å². The molecule has 0 saturated heterocycles. The molecule has 0 amide bonds. The average Bonchev–Trinajstić information content (AvgIpc) is 2.29. The van der Waals surface area contributed by atoms with Gasteiger partial charge in [-0.15, -0.1) is 11.6 Å². The van der Waals surface area contributed by atoms with E-state index in [9.17, 15) is 8.78 Å². The van der Waals surface area contributed by atoms with Gasteiger partial charge in [0.05, 0.1) is 31.2 Å². The third-order valence-corrected chi connectivity index (χ3v) is 2.26. The smallest absolute Gasteiger partial charge is 0.280 e. The summed E-state index contributed by atoms with van der Waals surface area (Å²) in [6, 6.07) is 3.27. The topological polar surface area (TPSA) is 45.9 Å². The summed E-state index contributed by atoms with van der Waals surface area (Å²) in [5.74, 6) is 0.241. The molecule has 0 bridgehead atoms. The molecule has 1 rings (SSSR count). The summed E-state index contributed by atoms with van der Waals surface area (Å²) in [4.78, 5) is 3.70. The van der Waals surface area contributed by atoms with Crippen molar-refractivity contribution < 1.29 is 13.5 Å². The van der Waals surface area contributed by atoms with Gasteiger partial charge in [-0.1, -0.05) is 0 Å². The highest BCUT2D eigenvalue weighted by molar-refractivity contribution is 6.16. The van der Waals surface area contributed by atoms with Gasteiger partial charge in [-0.2, -0.15) is 5.26 Å². The Morgan fingerprint density at radius 2 is 2.31 bits per heavy atom. The van der Waals surface area contributed by atoms with E-state index < -0.39 is 12.1 Å². The molecule has 3 nitrogen and oxygen atoms in total. The number of nitriles is 1. The molecule has 0 aromatic carbocycles. The van der Waals surface area contributed by atoms with Crippen LogP contribution in [0.3, 0.4) is 0 Å². The van der Waals surface area contributed by atoms with Crippen molar-refractivity contribution in [2.24, 2.45) is 0 Å². The van der Waals surface area contributed by atoms with Gasteiger partial charge in [-0.05, 0) is 0 Å². The fourth-order valence-corrected chi connectivity index (χ4v) is 1.44. The van der Waals surface area contributed by atoms with E-state index in [1.54, 1.807) is 6.07 Å². The summed E-state index contributed by atoms with van der Waals surface area (Å²) in [7, 11) is 1.35. The predicted molar refractivity (Wildman–Crippen MR) is 54.6 cm³/mol. The zero-order chi connectivity index (χ0) is 12.1. The highest BCUT2D eigenvalue weighted by Crippen LogP contribution is 2.29. The maximum atomic E-state index is 12.7. The van der Waals surface area contributed by atoms with Crippen molar-refractivity contribution in [1.29, 1.82) is 5.26 Å². The molecule has 1 aromatic rings. The predicted octanol–water partition coefficient (Wildman–Crippen LogP) is 2.83. The molecular weight excluding hydrogens is 238 g/mol. The Morgan fingerprint density at radius 3 is 2.75 bits per heavy atom. The Hall–Kier alpha value is -1.41. The van der Waals surface area contributed by atoms with Gasteiger partial charge in [0, 0.05) is 11.6 Å². The lowest BCUT2D eigenvalue weighted by Gasteiger charge is -2.12. The summed E-state index contributed by atoms with van der Waals surface area (Å²) >= 11 is 5.53. The summed E-state index contributed by atoms with van der Waals surface area (Å²) in [5.41, 5.74) is -0.0130. The number of hydrogen-bond donors (Lipinski definition) is 0. The van der Waals surface area contributed by atoms with Crippen LogP contribution in [0.4, 0.5) is 8.78 Å². The number of halogens is 3. The number of methoxy groups -OCH3 is 1. The molecule has 0 aliphatic rings. The van der Waals surface area contributed by atoms with Crippen LogP contribution in [0, 0.1) is 11.3 Å². The van der Waals surface area contributed by atoms with Crippen LogP contribution in [-0.2, 0) is 12.3 Å². The van der Waals surface area contributed by atoms with E-state index in [4.69, 9.17) is 21.6 Å². The fraction of sp³-hybridized carbons (Fsp3) is 0.400. The molecule has 0 radical (unpaired) electrons. The number of aromatic nitrogens is 1. The minimum Gasteiger partial charge on any atom is -0.496 e. The van der Waals surface area contributed by atoms with Gasteiger partial charge < -0.3 is 4.74 Å². The Balaban J connectivity index is 3.36. The van der Waals surface area contributed by atoms with Crippen molar-refractivity contribution in [2.45, 2.75) is 18.7 Å². The highest BCUT2D eigenvalue weighted by Gasteiger charge is 2.20. The Kier molecular flexibility index (Phi) is 4.44. The second-order valence-corrected chi connectivity index (χ2v) is 3.22. The second-order valence-electron chi connectivity index (χ2n) is 2.95. The second kappa shape index (κ2) is 5.61. The number of alkyl halides is 3. The van der Waals surface area contributed by atoms with E-state index in [2.05, 4.69) is 4.98 Å². The highest BCUT2D eigenvalue weighted by atomic mass is 35.5. The molecule has 0 spiro atoms. The molecule has 0 aliphatic heterocycles. The lowest BCUT2D eigenvalue weighted by atomic mass is 10.1. The molecule has 0 fully saturated rings. The first kappa shape index (κ1) is 12.7. The van der Waals surface area contributed by atoms with E-state index in [0.717, 1.165) is 0 Å². The van der Waals surface area contributed by atoms with E-state index in [1.807, 2.05) is 0 Å². The van der Waals surface area contributed by atoms with Gasteiger partial charge >= 0.3 is 0 Å². The third-order valence-electron chi connectivity index (χ3n) is 1.99. The molecule has 1 aromatic heterocycles. The fourth-order valence-electron chi connectivity index (χ4n) is 1.31. The first-order valence-electron chi connectivity index (χ1n) is 4.41. The van der Waals surface area contributed by atoms with Gasteiger partial charge in [0.2, 0.25) is 0 Å².